The second-order valence-corrected chi connectivity index (χ2v) is 9.92. The Morgan fingerprint density at radius 2 is 1.06 bits per heavy atom. The van der Waals surface area contributed by atoms with Gasteiger partial charge in [0.1, 0.15) is 5.76 Å². The van der Waals surface area contributed by atoms with E-state index in [0.717, 1.165) is 24.8 Å². The van der Waals surface area contributed by atoms with Gasteiger partial charge in [-0.1, -0.05) is 127 Å². The predicted molar refractivity (Wildman–Crippen MR) is 150 cm³/mol. The van der Waals surface area contributed by atoms with Gasteiger partial charge in [0, 0.05) is 12.5 Å². The summed E-state index contributed by atoms with van der Waals surface area (Å²) in [6.45, 7) is 5.99. The van der Waals surface area contributed by atoms with E-state index >= 15 is 0 Å². The summed E-state index contributed by atoms with van der Waals surface area (Å²) < 4.78 is 5.57. The minimum Gasteiger partial charge on any atom is -0.426 e. The molecule has 2 nitrogen and oxygen atoms in total. The molecule has 0 bridgehead atoms. The second kappa shape index (κ2) is 18.0. The molecule has 0 saturated heterocycles. The van der Waals surface area contributed by atoms with E-state index in [1.54, 1.807) is 0 Å². The first kappa shape index (κ1) is 28.9. The molecule has 0 amide bonds. The Hall–Kier alpha value is -2.35. The van der Waals surface area contributed by atoms with Crippen molar-refractivity contribution in [3.8, 4) is 0 Å². The molecule has 35 heavy (non-hydrogen) atoms. The van der Waals surface area contributed by atoms with E-state index in [1.807, 2.05) is 6.08 Å². The van der Waals surface area contributed by atoms with Crippen molar-refractivity contribution in [1.82, 2.24) is 0 Å². The molecule has 0 unspecified atom stereocenters. The molecule has 2 aromatic carbocycles. The smallest absolute Gasteiger partial charge is 0.308 e. The first-order valence-electron chi connectivity index (χ1n) is 14.2. The molecule has 0 radical (unpaired) electrons. The Kier molecular flexibility index (Phi) is 14.8. The maximum Gasteiger partial charge on any atom is 0.308 e. The molecule has 0 atom stereocenters. The highest BCUT2D eigenvalue weighted by Crippen LogP contribution is 2.20. The lowest BCUT2D eigenvalue weighted by Crippen LogP contribution is -2.00. The fourth-order valence-corrected chi connectivity index (χ4v) is 4.48. The van der Waals surface area contributed by atoms with Crippen molar-refractivity contribution in [2.24, 2.45) is 0 Å². The molecule has 0 aliphatic carbocycles. The predicted octanol–water partition coefficient (Wildman–Crippen LogP) is 9.64. The van der Waals surface area contributed by atoms with E-state index in [2.05, 4.69) is 62.4 Å². The zero-order valence-corrected chi connectivity index (χ0v) is 22.6. The third-order valence-corrected chi connectivity index (χ3v) is 6.68. The molecule has 0 aliphatic rings. The van der Waals surface area contributed by atoms with Crippen LogP contribution in [0.1, 0.15) is 120 Å². The molecule has 0 heterocycles. The number of carbonyl (C=O) groups excluding carboxylic acids is 1. The molecule has 192 valence electrons. The van der Waals surface area contributed by atoms with Crippen molar-refractivity contribution >= 4 is 11.7 Å². The highest BCUT2D eigenvalue weighted by molar-refractivity contribution is 5.76. The quantitative estimate of drug-likeness (QED) is 0.122. The third-order valence-electron chi connectivity index (χ3n) is 6.68. The summed E-state index contributed by atoms with van der Waals surface area (Å²) in [6.07, 6.45) is 20.9. The number of carbonyl (C=O) groups is 1. The number of unbranched alkanes of at least 4 members (excludes halogenated alkanes) is 10. The summed E-state index contributed by atoms with van der Waals surface area (Å²) in [6, 6.07) is 17.4. The minimum atomic E-state index is -0.276. The van der Waals surface area contributed by atoms with Gasteiger partial charge in [0.25, 0.3) is 0 Å². The standard InChI is InChI=1S/C33H48O2/c1-4-6-8-10-12-14-16-29-18-20-31(21-19-29)24-27-33(35-28(3)34)32-25-22-30(23-26-32)17-15-13-11-9-7-5-2/h18-23,25-27H,4-17,24H2,1-3H3. The second-order valence-electron chi connectivity index (χ2n) is 9.92. The number of hydrogen-bond acceptors (Lipinski definition) is 2. The minimum absolute atomic E-state index is 0.276. The lowest BCUT2D eigenvalue weighted by Gasteiger charge is -2.10. The van der Waals surface area contributed by atoms with Crippen LogP contribution in [0.2, 0.25) is 0 Å². The molecular weight excluding hydrogens is 428 g/mol. The van der Waals surface area contributed by atoms with Gasteiger partial charge in [-0.15, -0.1) is 0 Å². The molecule has 2 rings (SSSR count). The van der Waals surface area contributed by atoms with Crippen molar-refractivity contribution in [3.63, 3.8) is 0 Å². The Labute approximate surface area is 215 Å². The van der Waals surface area contributed by atoms with E-state index in [1.165, 1.54) is 101 Å². The summed E-state index contributed by atoms with van der Waals surface area (Å²) in [7, 11) is 0. The topological polar surface area (TPSA) is 26.3 Å². The van der Waals surface area contributed by atoms with Crippen LogP contribution in [0.5, 0.6) is 0 Å². The van der Waals surface area contributed by atoms with Crippen molar-refractivity contribution < 1.29 is 9.53 Å². The Morgan fingerprint density at radius 3 is 1.54 bits per heavy atom. The molecule has 0 aromatic heterocycles. The van der Waals surface area contributed by atoms with Gasteiger partial charge in [0.15, 0.2) is 0 Å². The van der Waals surface area contributed by atoms with E-state index in [4.69, 9.17) is 4.74 Å². The van der Waals surface area contributed by atoms with Gasteiger partial charge < -0.3 is 4.74 Å². The SMILES string of the molecule is CCCCCCCCc1ccc(CC=C(OC(C)=O)c2ccc(CCCCCCCC)cc2)cc1. The van der Waals surface area contributed by atoms with Crippen LogP contribution >= 0.6 is 0 Å². The zero-order valence-electron chi connectivity index (χ0n) is 22.6. The van der Waals surface area contributed by atoms with Gasteiger partial charge in [-0.25, -0.2) is 0 Å². The lowest BCUT2D eigenvalue weighted by molar-refractivity contribution is -0.134. The maximum atomic E-state index is 11.7. The molecule has 2 aromatic rings. The van der Waals surface area contributed by atoms with Crippen LogP contribution in [-0.4, -0.2) is 5.97 Å². The van der Waals surface area contributed by atoms with Gasteiger partial charge >= 0.3 is 5.97 Å². The average Bonchev–Trinajstić information content (AvgIpc) is 2.87. The average molecular weight is 477 g/mol. The van der Waals surface area contributed by atoms with E-state index < -0.39 is 0 Å². The first-order chi connectivity index (χ1) is 17.1. The summed E-state index contributed by atoms with van der Waals surface area (Å²) in [5, 5.41) is 0. The van der Waals surface area contributed by atoms with Crippen molar-refractivity contribution in [1.29, 1.82) is 0 Å². The van der Waals surface area contributed by atoms with Crippen LogP contribution in [0.3, 0.4) is 0 Å². The molecule has 0 fully saturated rings. The highest BCUT2D eigenvalue weighted by Gasteiger charge is 2.07. The number of benzene rings is 2. The van der Waals surface area contributed by atoms with Gasteiger partial charge in [-0.2, -0.15) is 0 Å². The first-order valence-corrected chi connectivity index (χ1v) is 14.2. The van der Waals surface area contributed by atoms with E-state index in [-0.39, 0.29) is 5.97 Å². The Bertz CT molecular complexity index is 846. The fraction of sp³-hybridized carbons (Fsp3) is 0.545. The van der Waals surface area contributed by atoms with Crippen LogP contribution in [0.4, 0.5) is 0 Å². The molecule has 0 aliphatic heterocycles. The Morgan fingerprint density at radius 1 is 0.629 bits per heavy atom. The molecule has 0 saturated carbocycles. The number of hydrogen-bond donors (Lipinski definition) is 0. The van der Waals surface area contributed by atoms with Gasteiger partial charge in [-0.05, 0) is 54.9 Å². The van der Waals surface area contributed by atoms with Gasteiger partial charge in [-0.3, -0.25) is 4.79 Å². The Balaban J connectivity index is 1.86. The summed E-state index contributed by atoms with van der Waals surface area (Å²) in [5.41, 5.74) is 4.97. The lowest BCUT2D eigenvalue weighted by atomic mass is 10.0. The van der Waals surface area contributed by atoms with Crippen molar-refractivity contribution in [3.05, 3.63) is 76.9 Å². The van der Waals surface area contributed by atoms with Crippen LogP contribution < -0.4 is 0 Å². The van der Waals surface area contributed by atoms with Crippen LogP contribution in [0, 0.1) is 0 Å². The fourth-order valence-electron chi connectivity index (χ4n) is 4.48. The summed E-state index contributed by atoms with van der Waals surface area (Å²) in [5.74, 6) is 0.376. The summed E-state index contributed by atoms with van der Waals surface area (Å²) >= 11 is 0. The zero-order chi connectivity index (χ0) is 25.1. The highest BCUT2D eigenvalue weighted by atomic mass is 16.5. The van der Waals surface area contributed by atoms with Gasteiger partial charge in [0.2, 0.25) is 0 Å². The number of ether oxygens (including phenoxy) is 1. The number of esters is 1. The number of rotatable bonds is 18. The number of allylic oxidation sites excluding steroid dienone is 1. The molecule has 2 heteroatoms. The summed E-state index contributed by atoms with van der Waals surface area (Å²) in [4.78, 5) is 11.7. The monoisotopic (exact) mass is 476 g/mol. The van der Waals surface area contributed by atoms with Crippen LogP contribution in [0.25, 0.3) is 5.76 Å². The van der Waals surface area contributed by atoms with Gasteiger partial charge in [0.05, 0.1) is 0 Å². The van der Waals surface area contributed by atoms with E-state index in [0.29, 0.717) is 5.76 Å². The van der Waals surface area contributed by atoms with Crippen molar-refractivity contribution in [2.75, 3.05) is 0 Å². The van der Waals surface area contributed by atoms with Crippen LogP contribution in [-0.2, 0) is 28.8 Å². The largest absolute Gasteiger partial charge is 0.426 e. The molecule has 0 N–H and O–H groups in total. The maximum absolute atomic E-state index is 11.7. The van der Waals surface area contributed by atoms with E-state index in [9.17, 15) is 4.79 Å². The molecule has 0 spiro atoms. The number of aryl methyl sites for hydroxylation is 2. The van der Waals surface area contributed by atoms with Crippen molar-refractivity contribution in [2.45, 2.75) is 117 Å². The molecular formula is C33H48O2. The van der Waals surface area contributed by atoms with Crippen LogP contribution in [0.15, 0.2) is 54.6 Å². The third kappa shape index (κ3) is 12.8. The normalized spacial score (nSPS) is 11.6.